The largest absolute Gasteiger partial charge is 0.382 e. The van der Waals surface area contributed by atoms with Crippen LogP contribution in [0.4, 0.5) is 5.69 Å². The quantitative estimate of drug-likeness (QED) is 0.889. The number of hydrogen-bond donors (Lipinski definition) is 1. The van der Waals surface area contributed by atoms with E-state index in [0.29, 0.717) is 16.7 Å². The predicted octanol–water partition coefficient (Wildman–Crippen LogP) is 1.37. The van der Waals surface area contributed by atoms with Crippen molar-refractivity contribution in [1.29, 1.82) is 0 Å². The molecule has 0 amide bonds. The van der Waals surface area contributed by atoms with Crippen molar-refractivity contribution in [3.63, 3.8) is 0 Å². The summed E-state index contributed by atoms with van der Waals surface area (Å²) in [6, 6.07) is 0.0338. The van der Waals surface area contributed by atoms with E-state index in [-0.39, 0.29) is 11.6 Å². The van der Waals surface area contributed by atoms with Crippen molar-refractivity contribution < 1.29 is 0 Å². The lowest BCUT2D eigenvalue weighted by atomic mass is 10.3. The molecular weight excluding hydrogens is 324 g/mol. The third-order valence-corrected chi connectivity index (χ3v) is 3.67. The molecule has 0 aliphatic carbocycles. The van der Waals surface area contributed by atoms with Gasteiger partial charge in [0.15, 0.2) is 0 Å². The van der Waals surface area contributed by atoms with Crippen molar-refractivity contribution >= 4 is 21.6 Å². The van der Waals surface area contributed by atoms with Crippen LogP contribution in [0.15, 0.2) is 21.8 Å². The summed E-state index contributed by atoms with van der Waals surface area (Å²) < 4.78 is 3.81. The smallest absolute Gasteiger partial charge is 0.283 e. The summed E-state index contributed by atoms with van der Waals surface area (Å²) in [4.78, 5) is 12.1. The molecule has 1 N–H and O–H groups in total. The van der Waals surface area contributed by atoms with E-state index in [0.717, 1.165) is 12.2 Å². The highest BCUT2D eigenvalue weighted by Crippen LogP contribution is 2.17. The van der Waals surface area contributed by atoms with Gasteiger partial charge in [0.25, 0.3) is 5.56 Å². The molecule has 0 aliphatic rings. The van der Waals surface area contributed by atoms with E-state index in [9.17, 15) is 4.79 Å². The fourth-order valence-corrected chi connectivity index (χ4v) is 2.20. The predicted molar refractivity (Wildman–Crippen MR) is 79.8 cm³/mol. The summed E-state index contributed by atoms with van der Waals surface area (Å²) in [6.07, 6.45) is 4.04. The molecule has 8 heteroatoms. The first-order valence-corrected chi connectivity index (χ1v) is 7.14. The zero-order valence-corrected chi connectivity index (χ0v) is 13.3. The van der Waals surface area contributed by atoms with Gasteiger partial charge in [-0.2, -0.15) is 5.10 Å². The van der Waals surface area contributed by atoms with Crippen LogP contribution in [0.2, 0.25) is 0 Å². The lowest BCUT2D eigenvalue weighted by Crippen LogP contribution is -2.26. The Morgan fingerprint density at radius 2 is 2.20 bits per heavy atom. The second kappa shape index (κ2) is 6.17. The van der Waals surface area contributed by atoms with Crippen molar-refractivity contribution in [3.05, 3.63) is 33.2 Å². The Morgan fingerprint density at radius 3 is 2.80 bits per heavy atom. The van der Waals surface area contributed by atoms with Crippen molar-refractivity contribution in [3.8, 4) is 0 Å². The topological polar surface area (TPSA) is 77.6 Å². The summed E-state index contributed by atoms with van der Waals surface area (Å²) in [7, 11) is 1.90. The van der Waals surface area contributed by atoms with Crippen LogP contribution in [-0.4, -0.2) is 31.1 Å². The molecule has 0 atom stereocenters. The van der Waals surface area contributed by atoms with E-state index in [2.05, 4.69) is 36.5 Å². The number of aryl methyl sites for hydroxylation is 1. The van der Waals surface area contributed by atoms with Crippen LogP contribution >= 0.6 is 15.9 Å². The highest BCUT2D eigenvalue weighted by molar-refractivity contribution is 9.10. The molecule has 2 heterocycles. The Morgan fingerprint density at radius 1 is 1.45 bits per heavy atom. The standard InChI is InChI=1S/C12H17BrN6O/c1-8(2)19-12(20)11(13)9(6-16-19)14-5-4-10-17-15-7-18(10)3/h6-8,14H,4-5H2,1-3H3. The molecule has 0 radical (unpaired) electrons. The van der Waals surface area contributed by atoms with Gasteiger partial charge < -0.3 is 9.88 Å². The molecule has 0 unspecified atom stereocenters. The van der Waals surface area contributed by atoms with Gasteiger partial charge in [-0.05, 0) is 29.8 Å². The highest BCUT2D eigenvalue weighted by atomic mass is 79.9. The zero-order chi connectivity index (χ0) is 14.7. The van der Waals surface area contributed by atoms with Gasteiger partial charge in [-0.1, -0.05) is 0 Å². The fraction of sp³-hybridized carbons (Fsp3) is 0.500. The third-order valence-electron chi connectivity index (χ3n) is 2.90. The number of anilines is 1. The summed E-state index contributed by atoms with van der Waals surface area (Å²) >= 11 is 3.32. The summed E-state index contributed by atoms with van der Waals surface area (Å²) in [5, 5.41) is 15.2. The molecule has 0 fully saturated rings. The molecule has 7 nitrogen and oxygen atoms in total. The minimum atomic E-state index is -0.136. The maximum absolute atomic E-state index is 12.1. The van der Waals surface area contributed by atoms with E-state index in [1.54, 1.807) is 12.5 Å². The minimum absolute atomic E-state index is 0.0338. The molecule has 20 heavy (non-hydrogen) atoms. The second-order valence-corrected chi connectivity index (χ2v) is 5.54. The number of halogens is 1. The van der Waals surface area contributed by atoms with Gasteiger partial charge in [0, 0.05) is 20.0 Å². The molecule has 0 aliphatic heterocycles. The van der Waals surface area contributed by atoms with Gasteiger partial charge in [0.05, 0.1) is 17.9 Å². The molecule has 0 spiro atoms. The Hall–Kier alpha value is -1.70. The molecule has 2 rings (SSSR count). The van der Waals surface area contributed by atoms with Crippen LogP contribution in [0.25, 0.3) is 0 Å². The lowest BCUT2D eigenvalue weighted by Gasteiger charge is -2.12. The van der Waals surface area contributed by atoms with Crippen molar-refractivity contribution in [1.82, 2.24) is 24.5 Å². The van der Waals surface area contributed by atoms with E-state index < -0.39 is 0 Å². The first kappa shape index (κ1) is 14.7. The Labute approximate surface area is 125 Å². The van der Waals surface area contributed by atoms with Crippen LogP contribution in [0.5, 0.6) is 0 Å². The van der Waals surface area contributed by atoms with Gasteiger partial charge in [0.1, 0.15) is 16.6 Å². The molecule has 2 aromatic rings. The Bertz CT molecular complexity index is 648. The van der Waals surface area contributed by atoms with Gasteiger partial charge in [0.2, 0.25) is 0 Å². The monoisotopic (exact) mass is 340 g/mol. The molecular formula is C12H17BrN6O. The van der Waals surface area contributed by atoms with Gasteiger partial charge in [-0.15, -0.1) is 10.2 Å². The van der Waals surface area contributed by atoms with Crippen LogP contribution in [-0.2, 0) is 13.5 Å². The average Bonchev–Trinajstić information content (AvgIpc) is 2.80. The van der Waals surface area contributed by atoms with Crippen molar-refractivity contribution in [2.75, 3.05) is 11.9 Å². The van der Waals surface area contributed by atoms with Gasteiger partial charge in [-0.25, -0.2) is 4.68 Å². The van der Waals surface area contributed by atoms with Gasteiger partial charge in [-0.3, -0.25) is 4.79 Å². The van der Waals surface area contributed by atoms with Crippen LogP contribution < -0.4 is 10.9 Å². The number of hydrogen-bond acceptors (Lipinski definition) is 5. The summed E-state index contributed by atoms with van der Waals surface area (Å²) in [5.41, 5.74) is 0.553. The number of rotatable bonds is 5. The summed E-state index contributed by atoms with van der Waals surface area (Å²) in [6.45, 7) is 4.49. The second-order valence-electron chi connectivity index (χ2n) is 4.75. The van der Waals surface area contributed by atoms with Gasteiger partial charge >= 0.3 is 0 Å². The van der Waals surface area contributed by atoms with E-state index in [1.165, 1.54) is 4.68 Å². The average molecular weight is 341 g/mol. The molecule has 0 aromatic carbocycles. The Balaban J connectivity index is 2.05. The lowest BCUT2D eigenvalue weighted by molar-refractivity contribution is 0.501. The van der Waals surface area contributed by atoms with Crippen molar-refractivity contribution in [2.45, 2.75) is 26.3 Å². The number of aromatic nitrogens is 5. The first-order chi connectivity index (χ1) is 9.50. The third kappa shape index (κ3) is 3.06. The number of nitrogens with one attached hydrogen (secondary N) is 1. The maximum Gasteiger partial charge on any atom is 0.283 e. The molecule has 108 valence electrons. The molecule has 0 saturated carbocycles. The molecule has 2 aromatic heterocycles. The van der Waals surface area contributed by atoms with Crippen molar-refractivity contribution in [2.24, 2.45) is 7.05 Å². The summed E-state index contributed by atoms with van der Waals surface area (Å²) in [5.74, 6) is 0.886. The van der Waals surface area contributed by atoms with Crippen LogP contribution in [0.1, 0.15) is 25.7 Å². The van der Waals surface area contributed by atoms with E-state index in [4.69, 9.17) is 0 Å². The molecule has 0 bridgehead atoms. The zero-order valence-electron chi connectivity index (χ0n) is 11.7. The fourth-order valence-electron chi connectivity index (χ4n) is 1.78. The van der Waals surface area contributed by atoms with Crippen LogP contribution in [0.3, 0.4) is 0 Å². The number of nitrogens with zero attached hydrogens (tertiary/aromatic N) is 5. The van der Waals surface area contributed by atoms with Crippen LogP contribution in [0, 0.1) is 0 Å². The maximum atomic E-state index is 12.1. The van der Waals surface area contributed by atoms with E-state index >= 15 is 0 Å². The highest BCUT2D eigenvalue weighted by Gasteiger charge is 2.10. The SMILES string of the molecule is CC(C)n1ncc(NCCc2nncn2C)c(Br)c1=O. The first-order valence-electron chi connectivity index (χ1n) is 6.34. The minimum Gasteiger partial charge on any atom is -0.382 e. The van der Waals surface area contributed by atoms with E-state index in [1.807, 2.05) is 25.5 Å². The normalized spacial score (nSPS) is 11.1. The Kier molecular flexibility index (Phi) is 4.53. The molecule has 0 saturated heterocycles.